The van der Waals surface area contributed by atoms with Crippen molar-refractivity contribution >= 4 is 39.9 Å². The summed E-state index contributed by atoms with van der Waals surface area (Å²) in [5.41, 5.74) is 4.25. The van der Waals surface area contributed by atoms with Gasteiger partial charge in [-0.15, -0.1) is 0 Å². The Morgan fingerprint density at radius 3 is 2.69 bits per heavy atom. The van der Waals surface area contributed by atoms with E-state index >= 15 is 0 Å². The van der Waals surface area contributed by atoms with Crippen LogP contribution in [0.4, 0.5) is 15.9 Å². The molecule has 2 N–H and O–H groups in total. The van der Waals surface area contributed by atoms with Gasteiger partial charge in [-0.1, -0.05) is 11.6 Å². The molecule has 6 rings (SSSR count). The maximum Gasteiger partial charge on any atom is 0.257 e. The lowest BCUT2D eigenvalue weighted by molar-refractivity contribution is 0.0664. The highest BCUT2D eigenvalue weighted by atomic mass is 35.5. The summed E-state index contributed by atoms with van der Waals surface area (Å²) in [6.45, 7) is 5.65. The van der Waals surface area contributed by atoms with Gasteiger partial charge in [0, 0.05) is 61.1 Å². The number of halogens is 2. The van der Waals surface area contributed by atoms with Gasteiger partial charge in [-0.05, 0) is 98.0 Å². The number of benzene rings is 3. The molecule has 2 fully saturated rings. The first-order valence-corrected chi connectivity index (χ1v) is 14.8. The molecule has 220 valence electrons. The van der Waals surface area contributed by atoms with E-state index in [2.05, 4.69) is 44.5 Å². The molecule has 0 spiro atoms. The number of carbonyl (C=O) groups is 1. The molecule has 0 saturated carbocycles. The van der Waals surface area contributed by atoms with Crippen molar-refractivity contribution in [3.05, 3.63) is 82.1 Å². The third-order valence-electron chi connectivity index (χ3n) is 8.15. The minimum absolute atomic E-state index is 0.151. The van der Waals surface area contributed by atoms with Crippen molar-refractivity contribution in [1.82, 2.24) is 15.1 Å². The van der Waals surface area contributed by atoms with Crippen molar-refractivity contribution in [2.75, 3.05) is 56.7 Å². The summed E-state index contributed by atoms with van der Waals surface area (Å²) >= 11 is 5.98. The van der Waals surface area contributed by atoms with Gasteiger partial charge in [0.05, 0.1) is 5.52 Å². The van der Waals surface area contributed by atoms with Gasteiger partial charge in [0.2, 0.25) is 0 Å². The number of nitrogens with zero attached hydrogens (tertiary/aromatic N) is 3. The minimum atomic E-state index is -0.413. The molecule has 0 aliphatic carbocycles. The summed E-state index contributed by atoms with van der Waals surface area (Å²) in [6.07, 6.45) is 2.82. The Bertz CT molecular complexity index is 1540. The molecule has 0 radical (unpaired) electrons. The SMILES string of the molecule is CN1CCN(c2ccc(C(=O)Nc3n[nH]c4ccc(OCc5cc(F)cc(Cl)c5)cc34)c(CC3CCOCC3)c2)CC1. The van der Waals surface area contributed by atoms with Gasteiger partial charge in [-0.25, -0.2) is 4.39 Å². The number of H-pyrrole nitrogens is 1. The standard InChI is InChI=1S/C32H35ClFN5O3/c1-38-8-10-39(11-9-38)26-2-4-28(23(17-26)14-21-6-12-41-13-7-21)32(40)35-31-29-19-27(3-5-30(29)36-37-31)42-20-22-15-24(33)18-25(34)16-22/h2-5,15-19,21H,6-14,20H2,1H3,(H2,35,36,37,40). The Hall–Kier alpha value is -3.66. The highest BCUT2D eigenvalue weighted by Gasteiger charge is 2.22. The summed E-state index contributed by atoms with van der Waals surface area (Å²) in [5, 5.41) is 11.4. The van der Waals surface area contributed by atoms with Gasteiger partial charge >= 0.3 is 0 Å². The van der Waals surface area contributed by atoms with Gasteiger partial charge in [0.15, 0.2) is 5.82 Å². The quantitative estimate of drug-likeness (QED) is 0.265. The largest absolute Gasteiger partial charge is 0.489 e. The number of likely N-dealkylation sites (N-methyl/N-ethyl adjacent to an activating group) is 1. The lowest BCUT2D eigenvalue weighted by Crippen LogP contribution is -2.44. The molecule has 2 saturated heterocycles. The normalized spacial score (nSPS) is 16.6. The van der Waals surface area contributed by atoms with Crippen LogP contribution >= 0.6 is 11.6 Å². The monoisotopic (exact) mass is 591 g/mol. The van der Waals surface area contributed by atoms with Crippen molar-refractivity contribution < 1.29 is 18.7 Å². The number of aromatic amines is 1. The van der Waals surface area contributed by atoms with E-state index in [4.69, 9.17) is 21.1 Å². The Labute approximate surface area is 249 Å². The Balaban J connectivity index is 1.22. The molecule has 0 unspecified atom stereocenters. The summed E-state index contributed by atoms with van der Waals surface area (Å²) in [5.74, 6) is 0.859. The van der Waals surface area contributed by atoms with E-state index in [-0.39, 0.29) is 12.5 Å². The van der Waals surface area contributed by atoms with E-state index in [1.165, 1.54) is 12.1 Å². The molecule has 2 aliphatic heterocycles. The van der Waals surface area contributed by atoms with E-state index in [1.807, 2.05) is 18.2 Å². The van der Waals surface area contributed by atoms with Crippen LogP contribution in [0.5, 0.6) is 5.75 Å². The summed E-state index contributed by atoms with van der Waals surface area (Å²) in [4.78, 5) is 18.5. The first kappa shape index (κ1) is 28.5. The number of ether oxygens (including phenoxy) is 2. The lowest BCUT2D eigenvalue weighted by atomic mass is 9.89. The van der Waals surface area contributed by atoms with Gasteiger partial charge in [-0.2, -0.15) is 5.10 Å². The molecule has 3 aromatic carbocycles. The number of carbonyl (C=O) groups excluding carboxylic acids is 1. The van der Waals surface area contributed by atoms with Gasteiger partial charge in [-0.3, -0.25) is 9.89 Å². The molecule has 1 aromatic heterocycles. The lowest BCUT2D eigenvalue weighted by Gasteiger charge is -2.34. The van der Waals surface area contributed by atoms with Crippen LogP contribution in [0.2, 0.25) is 5.02 Å². The fourth-order valence-electron chi connectivity index (χ4n) is 5.71. The van der Waals surface area contributed by atoms with E-state index in [9.17, 15) is 9.18 Å². The first-order valence-electron chi connectivity index (χ1n) is 14.4. The Morgan fingerprint density at radius 2 is 1.90 bits per heavy atom. The number of hydrogen-bond acceptors (Lipinski definition) is 6. The van der Waals surface area contributed by atoms with Crippen molar-refractivity contribution in [2.24, 2.45) is 5.92 Å². The summed E-state index contributed by atoms with van der Waals surface area (Å²) < 4.78 is 25.2. The molecular weight excluding hydrogens is 557 g/mol. The molecule has 0 atom stereocenters. The predicted molar refractivity (Wildman–Crippen MR) is 163 cm³/mol. The van der Waals surface area contributed by atoms with Crippen LogP contribution in [0, 0.1) is 11.7 Å². The van der Waals surface area contributed by atoms with Crippen LogP contribution in [0.1, 0.15) is 34.3 Å². The first-order chi connectivity index (χ1) is 20.4. The Kier molecular flexibility index (Phi) is 8.60. The second-order valence-electron chi connectivity index (χ2n) is 11.2. The van der Waals surface area contributed by atoms with E-state index in [0.717, 1.165) is 80.8 Å². The average molecular weight is 592 g/mol. The third-order valence-corrected chi connectivity index (χ3v) is 8.36. The van der Waals surface area contributed by atoms with Crippen LogP contribution in [-0.4, -0.2) is 67.4 Å². The molecule has 3 heterocycles. The fraction of sp³-hybridized carbons (Fsp3) is 0.375. The van der Waals surface area contributed by atoms with Gasteiger partial charge in [0.25, 0.3) is 5.91 Å². The average Bonchev–Trinajstić information content (AvgIpc) is 3.38. The van der Waals surface area contributed by atoms with Gasteiger partial charge in [0.1, 0.15) is 18.2 Å². The zero-order valence-corrected chi connectivity index (χ0v) is 24.4. The highest BCUT2D eigenvalue weighted by molar-refractivity contribution is 6.30. The zero-order valence-electron chi connectivity index (χ0n) is 23.7. The topological polar surface area (TPSA) is 82.7 Å². The van der Waals surface area contributed by atoms with Crippen LogP contribution in [0.3, 0.4) is 0 Å². The summed E-state index contributed by atoms with van der Waals surface area (Å²) in [6, 6.07) is 16.0. The number of piperazine rings is 1. The third kappa shape index (κ3) is 6.69. The molecule has 2 aliphatic rings. The highest BCUT2D eigenvalue weighted by Crippen LogP contribution is 2.30. The number of nitrogens with one attached hydrogen (secondary N) is 2. The van der Waals surface area contributed by atoms with Crippen LogP contribution < -0.4 is 15.0 Å². The van der Waals surface area contributed by atoms with Crippen molar-refractivity contribution in [1.29, 1.82) is 0 Å². The van der Waals surface area contributed by atoms with Crippen LogP contribution in [0.15, 0.2) is 54.6 Å². The maximum absolute atomic E-state index is 13.7. The van der Waals surface area contributed by atoms with E-state index < -0.39 is 5.82 Å². The number of anilines is 2. The smallest absolute Gasteiger partial charge is 0.257 e. The van der Waals surface area contributed by atoms with Crippen LogP contribution in [-0.2, 0) is 17.8 Å². The molecule has 0 bridgehead atoms. The molecule has 4 aromatic rings. The molecule has 8 nitrogen and oxygen atoms in total. The molecule has 42 heavy (non-hydrogen) atoms. The second-order valence-corrected chi connectivity index (χ2v) is 11.6. The number of fused-ring (bicyclic) bond motifs is 1. The number of aromatic nitrogens is 2. The predicted octanol–water partition coefficient (Wildman–Crippen LogP) is 5.91. The van der Waals surface area contributed by atoms with Crippen LogP contribution in [0.25, 0.3) is 10.9 Å². The second kappa shape index (κ2) is 12.7. The van der Waals surface area contributed by atoms with Crippen molar-refractivity contribution in [3.8, 4) is 5.75 Å². The number of rotatable bonds is 8. The minimum Gasteiger partial charge on any atom is -0.489 e. The Morgan fingerprint density at radius 1 is 1.10 bits per heavy atom. The van der Waals surface area contributed by atoms with E-state index in [1.54, 1.807) is 12.1 Å². The molecule has 1 amide bonds. The fourth-order valence-corrected chi connectivity index (χ4v) is 5.95. The molecule has 10 heteroatoms. The number of amides is 1. The zero-order chi connectivity index (χ0) is 29.1. The van der Waals surface area contributed by atoms with E-state index in [0.29, 0.717) is 33.6 Å². The van der Waals surface area contributed by atoms with Gasteiger partial charge < -0.3 is 24.6 Å². The number of hydrogen-bond donors (Lipinski definition) is 2. The summed E-state index contributed by atoms with van der Waals surface area (Å²) in [7, 11) is 2.15. The van der Waals surface area contributed by atoms with Crippen molar-refractivity contribution in [3.63, 3.8) is 0 Å². The maximum atomic E-state index is 13.7. The van der Waals surface area contributed by atoms with Crippen molar-refractivity contribution in [2.45, 2.75) is 25.9 Å². The molecular formula is C32H35ClFN5O3.